The molecule has 184 valence electrons. The van der Waals surface area contributed by atoms with Crippen LogP contribution in [0.1, 0.15) is 91.9 Å². The summed E-state index contributed by atoms with van der Waals surface area (Å²) < 4.78 is 0. The Labute approximate surface area is 195 Å². The number of amides is 1. The lowest BCUT2D eigenvalue weighted by atomic mass is 9.39. The molecule has 10 atom stereocenters. The minimum atomic E-state index is -0.315. The number of hydroxylamine groups is 2. The van der Waals surface area contributed by atoms with Crippen LogP contribution in [-0.2, 0) is 9.63 Å². The summed E-state index contributed by atoms with van der Waals surface area (Å²) in [6, 6.07) is 0. The Morgan fingerprint density at radius 2 is 1.78 bits per heavy atom. The highest BCUT2D eigenvalue weighted by molar-refractivity contribution is 5.74. The number of carbonyl (C=O) groups is 1. The number of rotatable bonds is 5. The van der Waals surface area contributed by atoms with Gasteiger partial charge in [-0.05, 0) is 98.2 Å². The number of carbonyl (C=O) groups excluding carboxylic acids is 1. The van der Waals surface area contributed by atoms with Gasteiger partial charge >= 0.3 is 0 Å². The first kappa shape index (κ1) is 24.5. The quantitative estimate of drug-likeness (QED) is 0.591. The molecule has 32 heavy (non-hydrogen) atoms. The first-order valence-electron chi connectivity index (χ1n) is 13.1. The summed E-state index contributed by atoms with van der Waals surface area (Å²) in [5, 5.41) is 23.2. The molecule has 1 amide bonds. The number of hydrogen-bond acceptors (Lipinski definition) is 4. The van der Waals surface area contributed by atoms with Crippen LogP contribution in [0.5, 0.6) is 0 Å². The fraction of sp³-hybridized carbons (Fsp3) is 0.963. The Balaban J connectivity index is 1.51. The summed E-state index contributed by atoms with van der Waals surface area (Å²) >= 11 is 0. The Kier molecular flexibility index (Phi) is 6.53. The molecule has 5 heteroatoms. The largest absolute Gasteiger partial charge is 0.393 e. The van der Waals surface area contributed by atoms with Crippen LogP contribution in [0.3, 0.4) is 0 Å². The van der Waals surface area contributed by atoms with Crippen molar-refractivity contribution in [2.75, 3.05) is 14.2 Å². The van der Waals surface area contributed by atoms with Crippen LogP contribution in [0.4, 0.5) is 0 Å². The van der Waals surface area contributed by atoms with Gasteiger partial charge in [0.2, 0.25) is 5.91 Å². The molecule has 4 rings (SSSR count). The number of aliphatic hydroxyl groups excluding tert-OH is 2. The highest BCUT2D eigenvalue weighted by Crippen LogP contribution is 2.71. The second-order valence-corrected chi connectivity index (χ2v) is 12.7. The third kappa shape index (κ3) is 3.56. The van der Waals surface area contributed by atoms with Gasteiger partial charge in [0.25, 0.3) is 0 Å². The van der Waals surface area contributed by atoms with Crippen molar-refractivity contribution in [3.05, 3.63) is 0 Å². The van der Waals surface area contributed by atoms with Crippen molar-refractivity contribution in [2.45, 2.75) is 104 Å². The molecule has 4 aliphatic carbocycles. The molecule has 0 bridgehead atoms. The summed E-state index contributed by atoms with van der Waals surface area (Å²) in [7, 11) is 3.23. The van der Waals surface area contributed by atoms with Crippen molar-refractivity contribution >= 4 is 5.91 Å². The van der Waals surface area contributed by atoms with Gasteiger partial charge in [0.1, 0.15) is 0 Å². The highest BCUT2D eigenvalue weighted by Gasteiger charge is 2.66. The van der Waals surface area contributed by atoms with E-state index in [0.29, 0.717) is 41.4 Å². The molecule has 4 fully saturated rings. The average Bonchev–Trinajstić information content (AvgIpc) is 3.11. The number of hydrogen-bond donors (Lipinski definition) is 2. The maximum atomic E-state index is 12.3. The van der Waals surface area contributed by atoms with Gasteiger partial charge in [-0.3, -0.25) is 9.63 Å². The van der Waals surface area contributed by atoms with Gasteiger partial charge in [0.05, 0.1) is 19.3 Å². The standard InChI is InChI=1S/C27H47NO4/c1-17(7-10-24(31)28(5)32-6)20-8-9-21-19-15-23(30)27(4)16-18(29)11-14-26(27,3)22(19)12-13-25(20,21)2/h17-23,29-30H,7-16H2,1-6H3/t17?,18-,19?,20?,21?,22?,23+,25?,26?,27+/m1/s1. The second kappa shape index (κ2) is 8.53. The van der Waals surface area contributed by atoms with E-state index in [9.17, 15) is 15.0 Å². The van der Waals surface area contributed by atoms with E-state index >= 15 is 0 Å². The van der Waals surface area contributed by atoms with Crippen molar-refractivity contribution in [3.8, 4) is 0 Å². The summed E-state index contributed by atoms with van der Waals surface area (Å²) in [6.07, 6.45) is 9.51. The predicted octanol–water partition coefficient (Wildman–Crippen LogP) is 4.80. The third-order valence-electron chi connectivity index (χ3n) is 11.6. The molecule has 0 aromatic heterocycles. The van der Waals surface area contributed by atoms with Crippen LogP contribution >= 0.6 is 0 Å². The molecule has 0 aromatic rings. The van der Waals surface area contributed by atoms with E-state index in [1.54, 1.807) is 14.2 Å². The molecule has 0 spiro atoms. The van der Waals surface area contributed by atoms with Crippen molar-refractivity contribution < 1.29 is 19.8 Å². The maximum Gasteiger partial charge on any atom is 0.245 e. The minimum Gasteiger partial charge on any atom is -0.393 e. The van der Waals surface area contributed by atoms with E-state index < -0.39 is 0 Å². The Hall–Kier alpha value is -0.650. The molecule has 0 aromatic carbocycles. The van der Waals surface area contributed by atoms with Gasteiger partial charge in [-0.1, -0.05) is 27.7 Å². The summed E-state index contributed by atoms with van der Waals surface area (Å²) in [4.78, 5) is 17.3. The summed E-state index contributed by atoms with van der Waals surface area (Å²) in [6.45, 7) is 9.57. The molecule has 5 nitrogen and oxygen atoms in total. The monoisotopic (exact) mass is 449 g/mol. The topological polar surface area (TPSA) is 70.0 Å². The molecule has 2 N–H and O–H groups in total. The van der Waals surface area contributed by atoms with Gasteiger partial charge in [-0.25, -0.2) is 5.06 Å². The zero-order valence-corrected chi connectivity index (χ0v) is 21.3. The third-order valence-corrected chi connectivity index (χ3v) is 11.6. The van der Waals surface area contributed by atoms with E-state index in [1.165, 1.54) is 30.7 Å². The minimum absolute atomic E-state index is 0.0601. The zero-order chi connectivity index (χ0) is 23.5. The zero-order valence-electron chi connectivity index (χ0n) is 21.3. The van der Waals surface area contributed by atoms with Crippen molar-refractivity contribution in [1.82, 2.24) is 5.06 Å². The first-order chi connectivity index (χ1) is 15.0. The van der Waals surface area contributed by atoms with Gasteiger partial charge in [-0.15, -0.1) is 0 Å². The van der Waals surface area contributed by atoms with Crippen molar-refractivity contribution in [2.24, 2.45) is 45.8 Å². The van der Waals surface area contributed by atoms with Crippen LogP contribution in [0.25, 0.3) is 0 Å². The lowest BCUT2D eigenvalue weighted by Crippen LogP contribution is -2.63. The molecule has 4 aliphatic rings. The fourth-order valence-corrected chi connectivity index (χ4v) is 9.41. The van der Waals surface area contributed by atoms with E-state index in [1.807, 2.05) is 0 Å². The van der Waals surface area contributed by atoms with Crippen LogP contribution in [0, 0.1) is 45.8 Å². The van der Waals surface area contributed by atoms with Crippen molar-refractivity contribution in [3.63, 3.8) is 0 Å². The molecule has 0 saturated heterocycles. The maximum absolute atomic E-state index is 12.3. The van der Waals surface area contributed by atoms with Crippen LogP contribution in [0.2, 0.25) is 0 Å². The molecule has 0 aliphatic heterocycles. The molecule has 4 saturated carbocycles. The van der Waals surface area contributed by atoms with Gasteiger partial charge in [-0.2, -0.15) is 0 Å². The Morgan fingerprint density at radius 3 is 2.47 bits per heavy atom. The highest BCUT2D eigenvalue weighted by atomic mass is 16.7. The van der Waals surface area contributed by atoms with Crippen LogP contribution in [0.15, 0.2) is 0 Å². The van der Waals surface area contributed by atoms with Gasteiger partial charge < -0.3 is 10.2 Å². The van der Waals surface area contributed by atoms with Crippen LogP contribution < -0.4 is 0 Å². The Bertz CT molecular complexity index is 714. The van der Waals surface area contributed by atoms with Gasteiger partial charge in [0, 0.05) is 18.9 Å². The summed E-state index contributed by atoms with van der Waals surface area (Å²) in [5.74, 6) is 3.16. The van der Waals surface area contributed by atoms with E-state index in [-0.39, 0.29) is 28.9 Å². The van der Waals surface area contributed by atoms with Crippen molar-refractivity contribution in [1.29, 1.82) is 0 Å². The normalized spacial score (nSPS) is 49.0. The van der Waals surface area contributed by atoms with E-state index in [2.05, 4.69) is 27.7 Å². The summed E-state index contributed by atoms with van der Waals surface area (Å²) in [5.41, 5.74) is 0.268. The van der Waals surface area contributed by atoms with E-state index in [0.717, 1.165) is 32.1 Å². The smallest absolute Gasteiger partial charge is 0.245 e. The fourth-order valence-electron chi connectivity index (χ4n) is 9.41. The predicted molar refractivity (Wildman–Crippen MR) is 125 cm³/mol. The number of aliphatic hydroxyl groups is 2. The van der Waals surface area contributed by atoms with E-state index in [4.69, 9.17) is 4.84 Å². The first-order valence-corrected chi connectivity index (χ1v) is 13.1. The number of nitrogens with zero attached hydrogens (tertiary/aromatic N) is 1. The lowest BCUT2D eigenvalue weighted by molar-refractivity contribution is -0.219. The lowest BCUT2D eigenvalue weighted by Gasteiger charge is -2.66. The number of fused-ring (bicyclic) bond motifs is 5. The average molecular weight is 450 g/mol. The molecule has 0 radical (unpaired) electrons. The molecule has 0 heterocycles. The molecule has 7 unspecified atom stereocenters. The SMILES string of the molecule is CON(C)C(=O)CCC(C)C1CCC2C3C[C@H](O)[C@]4(C)C[C@H](O)CCC4(C)C3CCC12C. The Morgan fingerprint density at radius 1 is 1.06 bits per heavy atom. The molecular weight excluding hydrogens is 402 g/mol. The van der Waals surface area contributed by atoms with Gasteiger partial charge in [0.15, 0.2) is 0 Å². The van der Waals surface area contributed by atoms with Crippen LogP contribution in [-0.4, -0.2) is 47.5 Å². The second-order valence-electron chi connectivity index (χ2n) is 12.7. The molecular formula is C27H47NO4.